The highest BCUT2D eigenvalue weighted by Crippen LogP contribution is 2.32. The fourth-order valence-electron chi connectivity index (χ4n) is 3.04. The summed E-state index contributed by atoms with van der Waals surface area (Å²) in [6, 6.07) is 22.8. The number of benzene rings is 3. The number of hydrogen-bond donors (Lipinski definition) is 2. The molecular formula is C25H20ClN3O4S. The summed E-state index contributed by atoms with van der Waals surface area (Å²) in [4.78, 5) is 31.9. The van der Waals surface area contributed by atoms with Crippen molar-refractivity contribution in [3.8, 4) is 28.5 Å². The topological polar surface area (TPSA) is 93.3 Å². The number of nitrogens with zero attached hydrogens (tertiary/aromatic N) is 1. The quantitative estimate of drug-likeness (QED) is 0.244. The average molecular weight is 494 g/mol. The first-order valence-electron chi connectivity index (χ1n) is 10.2. The fraction of sp³-hybridized carbons (Fsp3) is 0.0800. The predicted molar refractivity (Wildman–Crippen MR) is 134 cm³/mol. The molecule has 0 fully saturated rings. The number of thioether (sulfide) groups is 1. The zero-order valence-electron chi connectivity index (χ0n) is 18.1. The molecule has 1 aromatic heterocycles. The van der Waals surface area contributed by atoms with E-state index in [9.17, 15) is 9.59 Å². The van der Waals surface area contributed by atoms with Crippen LogP contribution in [0.5, 0.6) is 17.2 Å². The van der Waals surface area contributed by atoms with E-state index in [0.717, 1.165) is 17.3 Å². The number of para-hydroxylation sites is 1. The van der Waals surface area contributed by atoms with Gasteiger partial charge in [0.25, 0.3) is 5.56 Å². The van der Waals surface area contributed by atoms with Crippen LogP contribution >= 0.6 is 23.4 Å². The standard InChI is InChI=1S/C25H20ClN3O4S/c1-32-18-10-7-16(8-11-18)20-14-23(30)29-25(28-20)34-15-24(31)27-21-13-17(26)9-12-22(21)33-19-5-3-2-4-6-19/h2-14H,15H2,1H3,(H,27,31)(H,28,29,30). The van der Waals surface area contributed by atoms with Crippen LogP contribution in [0, 0.1) is 0 Å². The first-order valence-corrected chi connectivity index (χ1v) is 11.6. The average Bonchev–Trinajstić information content (AvgIpc) is 2.85. The number of carbonyl (C=O) groups excluding carboxylic acids is 1. The Morgan fingerprint density at radius 2 is 1.79 bits per heavy atom. The molecule has 1 heterocycles. The SMILES string of the molecule is COc1ccc(-c2cc(=O)[nH]c(SCC(=O)Nc3cc(Cl)ccc3Oc3ccccc3)n2)cc1. The second-order valence-corrected chi connectivity index (χ2v) is 8.46. The number of methoxy groups -OCH3 is 1. The van der Waals surface area contributed by atoms with E-state index < -0.39 is 0 Å². The number of aromatic amines is 1. The van der Waals surface area contributed by atoms with Crippen molar-refractivity contribution in [3.63, 3.8) is 0 Å². The van der Waals surface area contributed by atoms with Crippen LogP contribution in [-0.2, 0) is 4.79 Å². The van der Waals surface area contributed by atoms with Gasteiger partial charge in [0.1, 0.15) is 11.5 Å². The minimum Gasteiger partial charge on any atom is -0.497 e. The highest BCUT2D eigenvalue weighted by Gasteiger charge is 2.12. The van der Waals surface area contributed by atoms with E-state index in [0.29, 0.717) is 38.8 Å². The van der Waals surface area contributed by atoms with Crippen molar-refractivity contribution >= 4 is 35.0 Å². The maximum atomic E-state index is 12.6. The van der Waals surface area contributed by atoms with Crippen LogP contribution in [0.2, 0.25) is 5.02 Å². The molecule has 0 aliphatic rings. The lowest BCUT2D eigenvalue weighted by molar-refractivity contribution is -0.113. The third-order valence-corrected chi connectivity index (χ3v) is 5.74. The van der Waals surface area contributed by atoms with Crippen LogP contribution in [0.4, 0.5) is 5.69 Å². The summed E-state index contributed by atoms with van der Waals surface area (Å²) < 4.78 is 11.0. The molecule has 0 aliphatic carbocycles. The van der Waals surface area contributed by atoms with Crippen LogP contribution in [0.3, 0.4) is 0 Å². The molecule has 9 heteroatoms. The molecule has 0 spiro atoms. The number of halogens is 1. The number of ether oxygens (including phenoxy) is 2. The Balaban J connectivity index is 1.45. The Morgan fingerprint density at radius 3 is 2.53 bits per heavy atom. The Morgan fingerprint density at radius 1 is 1.03 bits per heavy atom. The zero-order chi connectivity index (χ0) is 23.9. The summed E-state index contributed by atoms with van der Waals surface area (Å²) in [6.07, 6.45) is 0. The number of aromatic nitrogens is 2. The molecule has 4 aromatic rings. The Labute approximate surface area is 205 Å². The lowest BCUT2D eigenvalue weighted by Crippen LogP contribution is -2.16. The molecule has 0 bridgehead atoms. The molecule has 3 aromatic carbocycles. The van der Waals surface area contributed by atoms with Gasteiger partial charge >= 0.3 is 0 Å². The smallest absolute Gasteiger partial charge is 0.252 e. The monoisotopic (exact) mass is 493 g/mol. The summed E-state index contributed by atoms with van der Waals surface area (Å²) in [5.41, 5.74) is 1.40. The molecule has 0 aliphatic heterocycles. The van der Waals surface area contributed by atoms with Crippen molar-refractivity contribution in [1.29, 1.82) is 0 Å². The van der Waals surface area contributed by atoms with Crippen LogP contribution in [0.25, 0.3) is 11.3 Å². The van der Waals surface area contributed by atoms with Gasteiger partial charge in [0.2, 0.25) is 5.91 Å². The van der Waals surface area contributed by atoms with Gasteiger partial charge in [-0.3, -0.25) is 9.59 Å². The van der Waals surface area contributed by atoms with E-state index in [1.54, 1.807) is 37.4 Å². The van der Waals surface area contributed by atoms with Gasteiger partial charge in [-0.15, -0.1) is 0 Å². The molecule has 1 amide bonds. The molecule has 0 saturated carbocycles. The van der Waals surface area contributed by atoms with Crippen LogP contribution in [0.1, 0.15) is 0 Å². The van der Waals surface area contributed by atoms with E-state index in [2.05, 4.69) is 15.3 Å². The van der Waals surface area contributed by atoms with Gasteiger partial charge in [0.05, 0.1) is 24.2 Å². The molecule has 0 atom stereocenters. The van der Waals surface area contributed by atoms with Crippen LogP contribution < -0.4 is 20.3 Å². The van der Waals surface area contributed by atoms with Crippen molar-refractivity contribution < 1.29 is 14.3 Å². The van der Waals surface area contributed by atoms with Gasteiger partial charge in [-0.1, -0.05) is 41.6 Å². The molecule has 2 N–H and O–H groups in total. The molecule has 7 nitrogen and oxygen atoms in total. The number of anilines is 1. The van der Waals surface area contributed by atoms with Gasteiger partial charge < -0.3 is 19.8 Å². The number of rotatable bonds is 8. The third kappa shape index (κ3) is 6.18. The van der Waals surface area contributed by atoms with Gasteiger partial charge in [0, 0.05) is 16.7 Å². The normalized spacial score (nSPS) is 10.5. The molecule has 0 unspecified atom stereocenters. The zero-order valence-corrected chi connectivity index (χ0v) is 19.7. The second kappa shape index (κ2) is 10.9. The highest BCUT2D eigenvalue weighted by molar-refractivity contribution is 7.99. The van der Waals surface area contributed by atoms with E-state index in [-0.39, 0.29) is 17.2 Å². The number of amides is 1. The van der Waals surface area contributed by atoms with Crippen molar-refractivity contribution in [2.24, 2.45) is 0 Å². The molecule has 34 heavy (non-hydrogen) atoms. The lowest BCUT2D eigenvalue weighted by atomic mass is 10.1. The Kier molecular flexibility index (Phi) is 7.51. The van der Waals surface area contributed by atoms with Crippen LogP contribution in [0.15, 0.2) is 88.8 Å². The first kappa shape index (κ1) is 23.4. The second-order valence-electron chi connectivity index (χ2n) is 7.06. The van der Waals surface area contributed by atoms with E-state index in [1.165, 1.54) is 6.07 Å². The minimum absolute atomic E-state index is 0.0201. The summed E-state index contributed by atoms with van der Waals surface area (Å²) in [5, 5.41) is 3.61. The summed E-state index contributed by atoms with van der Waals surface area (Å²) >= 11 is 7.23. The largest absolute Gasteiger partial charge is 0.497 e. The molecule has 172 valence electrons. The van der Waals surface area contributed by atoms with Crippen molar-refractivity contribution in [2.45, 2.75) is 5.16 Å². The maximum absolute atomic E-state index is 12.6. The Hall–Kier alpha value is -3.75. The van der Waals surface area contributed by atoms with E-state index in [4.69, 9.17) is 21.1 Å². The summed E-state index contributed by atoms with van der Waals surface area (Å²) in [5.74, 6) is 1.51. The van der Waals surface area contributed by atoms with Crippen molar-refractivity contribution in [1.82, 2.24) is 9.97 Å². The first-order chi connectivity index (χ1) is 16.5. The summed E-state index contributed by atoms with van der Waals surface area (Å²) in [7, 11) is 1.58. The number of hydrogen-bond acceptors (Lipinski definition) is 6. The van der Waals surface area contributed by atoms with Gasteiger partial charge in [0.15, 0.2) is 10.9 Å². The number of nitrogens with one attached hydrogen (secondary N) is 2. The Bertz CT molecular complexity index is 1340. The minimum atomic E-state index is -0.308. The third-order valence-electron chi connectivity index (χ3n) is 4.63. The van der Waals surface area contributed by atoms with Gasteiger partial charge in [-0.2, -0.15) is 0 Å². The van der Waals surface area contributed by atoms with Crippen LogP contribution in [-0.4, -0.2) is 28.7 Å². The van der Waals surface area contributed by atoms with Crippen molar-refractivity contribution in [3.05, 3.63) is 94.2 Å². The molecule has 0 radical (unpaired) electrons. The fourth-order valence-corrected chi connectivity index (χ4v) is 3.89. The molecule has 0 saturated heterocycles. The number of H-pyrrole nitrogens is 1. The van der Waals surface area contributed by atoms with E-state index >= 15 is 0 Å². The van der Waals surface area contributed by atoms with Gasteiger partial charge in [-0.05, 0) is 54.6 Å². The van der Waals surface area contributed by atoms with E-state index in [1.807, 2.05) is 42.5 Å². The summed E-state index contributed by atoms with van der Waals surface area (Å²) in [6.45, 7) is 0. The maximum Gasteiger partial charge on any atom is 0.252 e. The highest BCUT2D eigenvalue weighted by atomic mass is 35.5. The number of carbonyl (C=O) groups is 1. The van der Waals surface area contributed by atoms with Crippen molar-refractivity contribution in [2.75, 3.05) is 18.2 Å². The molecular weight excluding hydrogens is 474 g/mol. The van der Waals surface area contributed by atoms with Gasteiger partial charge in [-0.25, -0.2) is 4.98 Å². The molecule has 4 rings (SSSR count). The predicted octanol–water partition coefficient (Wildman–Crippen LogP) is 5.62. The lowest BCUT2D eigenvalue weighted by Gasteiger charge is -2.13.